The van der Waals surface area contributed by atoms with Crippen molar-refractivity contribution < 1.29 is 14.3 Å². The number of amides is 1. The molecule has 5 nitrogen and oxygen atoms in total. The number of nitrogens with zero attached hydrogens (tertiary/aromatic N) is 2. The lowest BCUT2D eigenvalue weighted by Crippen LogP contribution is -2.65. The van der Waals surface area contributed by atoms with Crippen molar-refractivity contribution in [2.75, 3.05) is 26.3 Å². The highest BCUT2D eigenvalue weighted by Gasteiger charge is 2.53. The van der Waals surface area contributed by atoms with Crippen LogP contribution in [0.5, 0.6) is 0 Å². The third kappa shape index (κ3) is 3.09. The third-order valence-corrected chi connectivity index (χ3v) is 4.55. The summed E-state index contributed by atoms with van der Waals surface area (Å²) in [5, 5.41) is 0. The van der Waals surface area contributed by atoms with Crippen LogP contribution in [-0.4, -0.2) is 47.7 Å². The average Bonchev–Trinajstić information content (AvgIpc) is 2.87. The van der Waals surface area contributed by atoms with Crippen molar-refractivity contribution in [1.29, 1.82) is 0 Å². The second-order valence-electron chi connectivity index (χ2n) is 5.94. The van der Waals surface area contributed by atoms with Crippen LogP contribution in [0.4, 0.5) is 0 Å². The van der Waals surface area contributed by atoms with Crippen LogP contribution < -0.4 is 0 Å². The Kier molecular flexibility index (Phi) is 4.22. The summed E-state index contributed by atoms with van der Waals surface area (Å²) >= 11 is 0. The molecule has 0 bridgehead atoms. The number of hydrogen-bond acceptors (Lipinski definition) is 4. The average molecular weight is 290 g/mol. The van der Waals surface area contributed by atoms with Gasteiger partial charge in [0.1, 0.15) is 5.60 Å². The largest absolute Gasteiger partial charge is 0.375 e. The summed E-state index contributed by atoms with van der Waals surface area (Å²) in [5.74, 6) is 0.637. The van der Waals surface area contributed by atoms with E-state index in [-0.39, 0.29) is 11.5 Å². The SMILES string of the molecule is CC(=O)N1CC2(C1)OCC[C@H]2CCOCc1ccccn1. The first-order valence-electron chi connectivity index (χ1n) is 7.57. The second kappa shape index (κ2) is 6.12. The van der Waals surface area contributed by atoms with E-state index in [0.717, 1.165) is 38.2 Å². The van der Waals surface area contributed by atoms with Crippen molar-refractivity contribution in [3.05, 3.63) is 30.1 Å². The minimum absolute atomic E-state index is 0.0972. The minimum atomic E-state index is -0.0972. The van der Waals surface area contributed by atoms with E-state index in [2.05, 4.69) is 4.98 Å². The van der Waals surface area contributed by atoms with Crippen molar-refractivity contribution in [2.24, 2.45) is 5.92 Å². The summed E-state index contributed by atoms with van der Waals surface area (Å²) in [5.41, 5.74) is 0.862. The monoisotopic (exact) mass is 290 g/mol. The molecular weight excluding hydrogens is 268 g/mol. The number of aromatic nitrogens is 1. The number of rotatable bonds is 5. The zero-order valence-corrected chi connectivity index (χ0v) is 12.5. The zero-order valence-electron chi connectivity index (χ0n) is 12.5. The number of pyridine rings is 1. The summed E-state index contributed by atoms with van der Waals surface area (Å²) in [4.78, 5) is 17.4. The molecule has 3 rings (SSSR count). The van der Waals surface area contributed by atoms with Crippen LogP contribution >= 0.6 is 0 Å². The van der Waals surface area contributed by atoms with Crippen LogP contribution in [0.25, 0.3) is 0 Å². The van der Waals surface area contributed by atoms with E-state index < -0.39 is 0 Å². The molecule has 5 heteroatoms. The molecule has 0 N–H and O–H groups in total. The van der Waals surface area contributed by atoms with Gasteiger partial charge in [0.15, 0.2) is 0 Å². The first kappa shape index (κ1) is 14.5. The van der Waals surface area contributed by atoms with E-state index in [1.807, 2.05) is 23.1 Å². The Labute approximate surface area is 125 Å². The van der Waals surface area contributed by atoms with Crippen LogP contribution in [-0.2, 0) is 20.9 Å². The molecular formula is C16H22N2O3. The smallest absolute Gasteiger partial charge is 0.219 e. The molecule has 1 aromatic rings. The van der Waals surface area contributed by atoms with E-state index >= 15 is 0 Å². The van der Waals surface area contributed by atoms with Gasteiger partial charge in [0, 0.05) is 26.3 Å². The number of ether oxygens (including phenoxy) is 2. The van der Waals surface area contributed by atoms with Gasteiger partial charge in [0.05, 0.1) is 25.4 Å². The van der Waals surface area contributed by atoms with Crippen molar-refractivity contribution in [3.63, 3.8) is 0 Å². The van der Waals surface area contributed by atoms with E-state index in [0.29, 0.717) is 19.1 Å². The zero-order chi connectivity index (χ0) is 14.7. The van der Waals surface area contributed by atoms with Crippen LogP contribution in [0.1, 0.15) is 25.5 Å². The molecule has 0 unspecified atom stereocenters. The van der Waals surface area contributed by atoms with Crippen LogP contribution in [0.2, 0.25) is 0 Å². The maximum absolute atomic E-state index is 11.3. The predicted molar refractivity (Wildman–Crippen MR) is 77.6 cm³/mol. The number of carbonyl (C=O) groups excluding carboxylic acids is 1. The fourth-order valence-electron chi connectivity index (χ4n) is 3.25. The summed E-state index contributed by atoms with van der Waals surface area (Å²) in [6.45, 7) is 5.18. The molecule has 2 aliphatic heterocycles. The molecule has 1 aromatic heterocycles. The van der Waals surface area contributed by atoms with E-state index in [9.17, 15) is 4.79 Å². The maximum Gasteiger partial charge on any atom is 0.219 e. The minimum Gasteiger partial charge on any atom is -0.375 e. The van der Waals surface area contributed by atoms with Gasteiger partial charge in [-0.1, -0.05) is 6.07 Å². The summed E-state index contributed by atoms with van der Waals surface area (Å²) in [6, 6.07) is 5.84. The van der Waals surface area contributed by atoms with Crippen LogP contribution in [0.15, 0.2) is 24.4 Å². The maximum atomic E-state index is 11.3. The molecule has 2 aliphatic rings. The Hall–Kier alpha value is -1.46. The number of hydrogen-bond donors (Lipinski definition) is 0. The van der Waals surface area contributed by atoms with E-state index in [1.54, 1.807) is 13.1 Å². The lowest BCUT2D eigenvalue weighted by molar-refractivity contribution is -0.164. The van der Waals surface area contributed by atoms with Gasteiger partial charge in [0.2, 0.25) is 5.91 Å². The molecule has 2 fully saturated rings. The number of likely N-dealkylation sites (tertiary alicyclic amines) is 1. The van der Waals surface area contributed by atoms with Gasteiger partial charge in [-0.15, -0.1) is 0 Å². The molecule has 1 atom stereocenters. The molecule has 0 saturated carbocycles. The van der Waals surface area contributed by atoms with Crippen molar-refractivity contribution in [2.45, 2.75) is 32.0 Å². The van der Waals surface area contributed by atoms with Gasteiger partial charge in [-0.25, -0.2) is 0 Å². The molecule has 0 aromatic carbocycles. The lowest BCUT2D eigenvalue weighted by atomic mass is 9.79. The Morgan fingerprint density at radius 2 is 2.38 bits per heavy atom. The molecule has 3 heterocycles. The molecule has 1 spiro atoms. The Balaban J connectivity index is 1.42. The highest BCUT2D eigenvalue weighted by Crippen LogP contribution is 2.41. The normalized spacial score (nSPS) is 23.3. The quantitative estimate of drug-likeness (QED) is 0.773. The molecule has 0 aliphatic carbocycles. The lowest BCUT2D eigenvalue weighted by Gasteiger charge is -2.50. The van der Waals surface area contributed by atoms with Gasteiger partial charge in [-0.2, -0.15) is 0 Å². The fraction of sp³-hybridized carbons (Fsp3) is 0.625. The molecule has 1 amide bonds. The summed E-state index contributed by atoms with van der Waals surface area (Å²) < 4.78 is 11.6. The van der Waals surface area contributed by atoms with Crippen LogP contribution in [0, 0.1) is 5.92 Å². The van der Waals surface area contributed by atoms with E-state index in [4.69, 9.17) is 9.47 Å². The van der Waals surface area contributed by atoms with Crippen molar-refractivity contribution in [1.82, 2.24) is 9.88 Å². The predicted octanol–water partition coefficient (Wildman–Crippen LogP) is 1.63. The first-order valence-corrected chi connectivity index (χ1v) is 7.57. The summed E-state index contributed by atoms with van der Waals surface area (Å²) in [6.07, 6.45) is 3.83. The topological polar surface area (TPSA) is 51.7 Å². The first-order chi connectivity index (χ1) is 10.2. The third-order valence-electron chi connectivity index (χ3n) is 4.55. The molecule has 0 radical (unpaired) electrons. The summed E-state index contributed by atoms with van der Waals surface area (Å²) in [7, 11) is 0. The van der Waals surface area contributed by atoms with Crippen molar-refractivity contribution in [3.8, 4) is 0 Å². The Bertz CT molecular complexity index is 486. The Morgan fingerprint density at radius 1 is 1.52 bits per heavy atom. The van der Waals surface area contributed by atoms with Gasteiger partial charge in [-0.3, -0.25) is 9.78 Å². The van der Waals surface area contributed by atoms with Gasteiger partial charge < -0.3 is 14.4 Å². The molecule has 114 valence electrons. The Morgan fingerprint density at radius 3 is 3.10 bits per heavy atom. The molecule has 2 saturated heterocycles. The van der Waals surface area contributed by atoms with Gasteiger partial charge in [0.25, 0.3) is 0 Å². The molecule has 21 heavy (non-hydrogen) atoms. The van der Waals surface area contributed by atoms with E-state index in [1.165, 1.54) is 0 Å². The van der Waals surface area contributed by atoms with Crippen LogP contribution in [0.3, 0.4) is 0 Å². The highest BCUT2D eigenvalue weighted by atomic mass is 16.5. The van der Waals surface area contributed by atoms with Gasteiger partial charge in [-0.05, 0) is 30.9 Å². The number of carbonyl (C=O) groups is 1. The van der Waals surface area contributed by atoms with Crippen molar-refractivity contribution >= 4 is 5.91 Å². The fourth-order valence-corrected chi connectivity index (χ4v) is 3.25. The van der Waals surface area contributed by atoms with Gasteiger partial charge >= 0.3 is 0 Å². The highest BCUT2D eigenvalue weighted by molar-refractivity contribution is 5.74. The second-order valence-corrected chi connectivity index (χ2v) is 5.94. The standard InChI is InChI=1S/C16H22N2O3/c1-13(19)18-11-16(12-18)14(6-9-21-16)5-8-20-10-15-4-2-3-7-17-15/h2-4,7,14H,5-6,8-12H2,1H3/t14-/m1/s1.